The third-order valence-corrected chi connectivity index (χ3v) is 12.0. The van der Waals surface area contributed by atoms with Gasteiger partial charge in [0.1, 0.15) is 5.60 Å². The van der Waals surface area contributed by atoms with Crippen LogP contribution in [0.2, 0.25) is 0 Å². The fraction of sp³-hybridized carbons (Fsp3) is 0.743. The van der Waals surface area contributed by atoms with Gasteiger partial charge in [0.25, 0.3) is 0 Å². The second-order valence-electron chi connectivity index (χ2n) is 15.3. The minimum absolute atomic E-state index is 0.162. The van der Waals surface area contributed by atoms with Gasteiger partial charge in [-0.1, -0.05) is 32.1 Å². The van der Waals surface area contributed by atoms with Gasteiger partial charge in [-0.2, -0.15) is 0 Å². The molecule has 4 aliphatic carbocycles. The SMILES string of the molecule is CN(C(=O)OC(C)(C)C)c1ccc(C2=CC3(C)C(CCC34OCCO4)C3CCC4CC5(CCC4(C)C23)OCCO5)cc1. The molecule has 7 heteroatoms. The highest BCUT2D eigenvalue weighted by Gasteiger charge is 2.68. The summed E-state index contributed by atoms with van der Waals surface area (Å²) in [5, 5.41) is 0. The minimum atomic E-state index is -0.541. The number of carbonyl (C=O) groups excluding carboxylic acids is 1. The van der Waals surface area contributed by atoms with Crippen LogP contribution in [0.25, 0.3) is 5.57 Å². The van der Waals surface area contributed by atoms with E-state index < -0.39 is 11.4 Å². The van der Waals surface area contributed by atoms with Gasteiger partial charge in [-0.15, -0.1) is 0 Å². The third kappa shape index (κ3) is 4.32. The number of hydrogen-bond acceptors (Lipinski definition) is 6. The van der Waals surface area contributed by atoms with Crippen LogP contribution in [0.1, 0.15) is 85.1 Å². The van der Waals surface area contributed by atoms with E-state index in [1.54, 1.807) is 11.9 Å². The van der Waals surface area contributed by atoms with Crippen molar-refractivity contribution in [2.75, 3.05) is 38.4 Å². The first kappa shape index (κ1) is 28.8. The average molecular weight is 580 g/mol. The number of benzene rings is 1. The molecule has 230 valence electrons. The van der Waals surface area contributed by atoms with Gasteiger partial charge in [-0.25, -0.2) is 4.79 Å². The molecular formula is C35H49NO6. The number of ether oxygens (including phenoxy) is 5. The Morgan fingerprint density at radius 3 is 2.24 bits per heavy atom. The molecule has 6 atom stereocenters. The Hall–Kier alpha value is -1.93. The van der Waals surface area contributed by atoms with E-state index in [1.165, 1.54) is 24.0 Å². The smallest absolute Gasteiger partial charge is 0.414 e. The van der Waals surface area contributed by atoms with Gasteiger partial charge in [0.2, 0.25) is 0 Å². The van der Waals surface area contributed by atoms with Gasteiger partial charge in [0, 0.05) is 37.4 Å². The van der Waals surface area contributed by atoms with E-state index >= 15 is 0 Å². The molecule has 0 bridgehead atoms. The molecule has 1 aromatic rings. The van der Waals surface area contributed by atoms with Gasteiger partial charge >= 0.3 is 6.09 Å². The van der Waals surface area contributed by atoms with Crippen molar-refractivity contribution in [3.63, 3.8) is 0 Å². The summed E-state index contributed by atoms with van der Waals surface area (Å²) in [6.45, 7) is 13.4. The molecule has 6 unspecified atom stereocenters. The van der Waals surface area contributed by atoms with Crippen molar-refractivity contribution in [1.29, 1.82) is 0 Å². The number of carbonyl (C=O) groups is 1. The van der Waals surface area contributed by atoms with Gasteiger partial charge in [0.15, 0.2) is 11.6 Å². The number of allylic oxidation sites excluding steroid dienone is 1. The fourth-order valence-corrected chi connectivity index (χ4v) is 10.0. The Morgan fingerprint density at radius 2 is 1.57 bits per heavy atom. The monoisotopic (exact) mass is 579 g/mol. The van der Waals surface area contributed by atoms with Crippen molar-refractivity contribution in [2.24, 2.45) is 34.5 Å². The molecular weight excluding hydrogens is 530 g/mol. The van der Waals surface area contributed by atoms with E-state index in [0.29, 0.717) is 50.1 Å². The van der Waals surface area contributed by atoms with Crippen LogP contribution in [-0.2, 0) is 23.7 Å². The van der Waals surface area contributed by atoms with Crippen LogP contribution in [0.5, 0.6) is 0 Å². The molecule has 2 aliphatic heterocycles. The second-order valence-corrected chi connectivity index (χ2v) is 15.3. The zero-order chi connectivity index (χ0) is 29.5. The maximum absolute atomic E-state index is 12.8. The van der Waals surface area contributed by atoms with Crippen LogP contribution >= 0.6 is 0 Å². The Morgan fingerprint density at radius 1 is 0.905 bits per heavy atom. The Kier molecular flexibility index (Phi) is 6.71. The maximum Gasteiger partial charge on any atom is 0.414 e. The molecule has 0 aromatic heterocycles. The lowest BCUT2D eigenvalue weighted by atomic mass is 9.44. The third-order valence-electron chi connectivity index (χ3n) is 12.0. The molecule has 0 N–H and O–H groups in total. The fourth-order valence-electron chi connectivity index (χ4n) is 10.0. The van der Waals surface area contributed by atoms with Crippen LogP contribution in [0.4, 0.5) is 10.5 Å². The van der Waals surface area contributed by atoms with E-state index in [-0.39, 0.29) is 22.7 Å². The Labute approximate surface area is 251 Å². The highest BCUT2D eigenvalue weighted by atomic mass is 16.7. The first-order valence-electron chi connectivity index (χ1n) is 16.2. The highest BCUT2D eigenvalue weighted by Crippen LogP contribution is 2.70. The molecule has 42 heavy (non-hydrogen) atoms. The summed E-state index contributed by atoms with van der Waals surface area (Å²) >= 11 is 0. The quantitative estimate of drug-likeness (QED) is 0.370. The van der Waals surface area contributed by atoms with Gasteiger partial charge in [-0.05, 0) is 98.8 Å². The first-order valence-corrected chi connectivity index (χ1v) is 16.2. The Balaban J connectivity index is 1.27. The summed E-state index contributed by atoms with van der Waals surface area (Å²) in [7, 11) is 1.78. The van der Waals surface area contributed by atoms with Crippen molar-refractivity contribution in [2.45, 2.75) is 96.7 Å². The summed E-state index contributed by atoms with van der Waals surface area (Å²) in [4.78, 5) is 14.4. The zero-order valence-electron chi connectivity index (χ0n) is 26.4. The van der Waals surface area contributed by atoms with E-state index in [0.717, 1.165) is 37.8 Å². The highest BCUT2D eigenvalue weighted by molar-refractivity contribution is 5.87. The molecule has 7 nitrogen and oxygen atoms in total. The van der Waals surface area contributed by atoms with Crippen LogP contribution in [-0.4, -0.2) is 56.7 Å². The number of rotatable bonds is 2. The summed E-state index contributed by atoms with van der Waals surface area (Å²) in [6.07, 6.45) is 9.85. The van der Waals surface area contributed by atoms with Crippen LogP contribution in [0, 0.1) is 34.5 Å². The summed E-state index contributed by atoms with van der Waals surface area (Å²) in [5.41, 5.74) is 2.94. The molecule has 5 fully saturated rings. The van der Waals surface area contributed by atoms with Gasteiger partial charge < -0.3 is 23.7 Å². The van der Waals surface area contributed by atoms with E-state index in [4.69, 9.17) is 23.7 Å². The zero-order valence-corrected chi connectivity index (χ0v) is 26.4. The van der Waals surface area contributed by atoms with Crippen LogP contribution in [0.3, 0.4) is 0 Å². The molecule has 3 saturated carbocycles. The topological polar surface area (TPSA) is 66.5 Å². The molecule has 2 saturated heterocycles. The number of hydrogen-bond donors (Lipinski definition) is 0. The lowest BCUT2D eigenvalue weighted by Gasteiger charge is -2.61. The van der Waals surface area contributed by atoms with E-state index in [1.807, 2.05) is 20.8 Å². The predicted octanol–water partition coefficient (Wildman–Crippen LogP) is 7.19. The molecule has 7 rings (SSSR count). The predicted molar refractivity (Wildman–Crippen MR) is 161 cm³/mol. The average Bonchev–Trinajstić information content (AvgIpc) is 3.68. The summed E-state index contributed by atoms with van der Waals surface area (Å²) < 4.78 is 31.1. The molecule has 6 aliphatic rings. The van der Waals surface area contributed by atoms with Crippen molar-refractivity contribution in [1.82, 2.24) is 0 Å². The van der Waals surface area contributed by atoms with E-state index in [9.17, 15) is 4.79 Å². The molecule has 0 radical (unpaired) electrons. The van der Waals surface area contributed by atoms with Gasteiger partial charge in [-0.3, -0.25) is 4.90 Å². The normalized spacial score (nSPS) is 38.1. The van der Waals surface area contributed by atoms with Crippen molar-refractivity contribution in [3.05, 3.63) is 35.9 Å². The number of amides is 1. The number of anilines is 1. The maximum atomic E-state index is 12.8. The largest absolute Gasteiger partial charge is 0.443 e. The lowest BCUT2D eigenvalue weighted by Crippen LogP contribution is -2.57. The van der Waals surface area contributed by atoms with Crippen molar-refractivity contribution < 1.29 is 28.5 Å². The summed E-state index contributed by atoms with van der Waals surface area (Å²) in [6, 6.07) is 8.55. The number of nitrogens with zero attached hydrogens (tertiary/aromatic N) is 1. The van der Waals surface area contributed by atoms with E-state index in [2.05, 4.69) is 44.2 Å². The van der Waals surface area contributed by atoms with Crippen LogP contribution in [0.15, 0.2) is 30.3 Å². The van der Waals surface area contributed by atoms with Gasteiger partial charge in [0.05, 0.1) is 26.4 Å². The molecule has 2 heterocycles. The standard InChI is InChI=1S/C35H49NO6/c1-31(2,3)42-30(37)36(6)25-10-7-23(8-11-25)27-22-33(5)28(13-14-35(33)40-19-20-41-35)26-12-9-24-21-34(38-17-18-39-34)16-15-32(24,4)29(26)27/h7-8,10-11,22,24,26,28-29H,9,12-21H2,1-6H3. The molecule has 2 spiro atoms. The molecule has 1 aromatic carbocycles. The van der Waals surface area contributed by atoms with Crippen molar-refractivity contribution in [3.8, 4) is 0 Å². The molecule has 1 amide bonds. The minimum Gasteiger partial charge on any atom is -0.443 e. The summed E-state index contributed by atoms with van der Waals surface area (Å²) in [5.74, 6) is 1.22. The first-order chi connectivity index (χ1) is 19.9. The lowest BCUT2D eigenvalue weighted by molar-refractivity contribution is -0.230. The second kappa shape index (κ2) is 9.79. The number of fused-ring (bicyclic) bond motifs is 6. The van der Waals surface area contributed by atoms with Crippen molar-refractivity contribution >= 4 is 17.4 Å². The van der Waals surface area contributed by atoms with Crippen LogP contribution < -0.4 is 4.90 Å². The Bertz CT molecular complexity index is 1240.